The lowest BCUT2D eigenvalue weighted by atomic mass is 9.98. The van der Waals surface area contributed by atoms with Crippen LogP contribution in [0.4, 0.5) is 0 Å². The molecule has 1 aliphatic carbocycles. The minimum Gasteiger partial charge on any atom is -0.461 e. The number of nitrogens with zero attached hydrogens (tertiary/aromatic N) is 2. The van der Waals surface area contributed by atoms with Gasteiger partial charge in [0.2, 0.25) is 0 Å². The van der Waals surface area contributed by atoms with Crippen molar-refractivity contribution >= 4 is 17.0 Å². The Morgan fingerprint density at radius 3 is 2.67 bits per heavy atom. The molecule has 2 aromatic heterocycles. The van der Waals surface area contributed by atoms with E-state index in [1.165, 1.54) is 0 Å². The van der Waals surface area contributed by atoms with Crippen LogP contribution in [0.1, 0.15) is 63.5 Å². The van der Waals surface area contributed by atoms with E-state index in [0.29, 0.717) is 18.0 Å². The van der Waals surface area contributed by atoms with Crippen LogP contribution in [0, 0.1) is 12.8 Å². The van der Waals surface area contributed by atoms with Crippen molar-refractivity contribution in [1.29, 1.82) is 0 Å². The predicted molar refractivity (Wildman–Crippen MR) is 149 cm³/mol. The number of aryl methyl sites for hydroxylation is 1. The molecule has 1 saturated carbocycles. The monoisotopic (exact) mass is 536 g/mol. The fourth-order valence-electron chi connectivity index (χ4n) is 5.68. The van der Waals surface area contributed by atoms with Crippen LogP contribution in [0.25, 0.3) is 22.4 Å². The Morgan fingerprint density at radius 1 is 1.23 bits per heavy atom. The maximum absolute atomic E-state index is 12.9. The van der Waals surface area contributed by atoms with Gasteiger partial charge in [-0.15, -0.1) is 0 Å². The quantitative estimate of drug-likeness (QED) is 0.356. The van der Waals surface area contributed by atoms with Crippen molar-refractivity contribution in [3.63, 3.8) is 0 Å². The largest absolute Gasteiger partial charge is 0.461 e. The Kier molecular flexibility index (Phi) is 8.21. The number of benzene rings is 1. The lowest BCUT2D eigenvalue weighted by Crippen LogP contribution is -2.53. The second kappa shape index (κ2) is 11.6. The van der Waals surface area contributed by atoms with Crippen LogP contribution in [0.5, 0.6) is 0 Å². The zero-order chi connectivity index (χ0) is 27.6. The average Bonchev–Trinajstić information content (AvgIpc) is 3.53. The molecule has 0 bridgehead atoms. The first kappa shape index (κ1) is 27.6. The highest BCUT2D eigenvalue weighted by atomic mass is 16.5. The molecule has 0 amide bonds. The molecule has 39 heavy (non-hydrogen) atoms. The van der Waals surface area contributed by atoms with Crippen molar-refractivity contribution < 1.29 is 19.4 Å². The molecule has 210 valence electrons. The van der Waals surface area contributed by atoms with E-state index in [0.717, 1.165) is 86.3 Å². The van der Waals surface area contributed by atoms with Gasteiger partial charge < -0.3 is 24.1 Å². The molecule has 2 fully saturated rings. The lowest BCUT2D eigenvalue weighted by Gasteiger charge is -2.29. The molecule has 0 radical (unpaired) electrons. The van der Waals surface area contributed by atoms with Gasteiger partial charge in [-0.3, -0.25) is 14.9 Å². The van der Waals surface area contributed by atoms with E-state index in [4.69, 9.17) is 14.5 Å². The summed E-state index contributed by atoms with van der Waals surface area (Å²) in [4.78, 5) is 32.8. The first-order chi connectivity index (χ1) is 18.7. The molecule has 0 spiro atoms. The van der Waals surface area contributed by atoms with Crippen LogP contribution in [-0.2, 0) is 27.4 Å². The fraction of sp³-hybridized carbons (Fsp3) is 0.567. The summed E-state index contributed by atoms with van der Waals surface area (Å²) in [6, 6.07) is 7.15. The van der Waals surface area contributed by atoms with Gasteiger partial charge in [-0.2, -0.15) is 0 Å². The van der Waals surface area contributed by atoms with Crippen molar-refractivity contribution in [3.8, 4) is 11.4 Å². The number of aliphatic hydroxyl groups is 1. The third kappa shape index (κ3) is 6.42. The van der Waals surface area contributed by atoms with Crippen molar-refractivity contribution in [2.75, 3.05) is 13.2 Å². The molecular formula is C30H40N4O5. The number of nitrogens with one attached hydrogen (secondary N) is 2. The number of rotatable bonds is 9. The number of esters is 1. The van der Waals surface area contributed by atoms with E-state index in [2.05, 4.69) is 20.9 Å². The first-order valence-electron chi connectivity index (χ1n) is 14.1. The summed E-state index contributed by atoms with van der Waals surface area (Å²) in [5.41, 5.74) is 2.94. The van der Waals surface area contributed by atoms with Gasteiger partial charge in [0.05, 0.1) is 16.6 Å². The zero-order valence-electron chi connectivity index (χ0n) is 23.2. The SMILES string of the molecule is Cc1cc(-c2nc3cc(CNC(C(=O)OC4CCCC4)C(C)(C)O)ccc3n2CC2CCOCC2)c[nH]c1=O. The highest BCUT2D eigenvalue weighted by Crippen LogP contribution is 2.29. The number of fused-ring (bicyclic) bond motifs is 1. The van der Waals surface area contributed by atoms with Gasteiger partial charge in [0.1, 0.15) is 18.0 Å². The number of imidazole rings is 1. The molecule has 9 nitrogen and oxygen atoms in total. The minimum atomic E-state index is -1.28. The summed E-state index contributed by atoms with van der Waals surface area (Å²) in [5.74, 6) is 0.890. The molecule has 3 heterocycles. The Bertz CT molecular complexity index is 1360. The highest BCUT2D eigenvalue weighted by molar-refractivity contribution is 5.81. The molecule has 1 aliphatic heterocycles. The predicted octanol–water partition coefficient (Wildman–Crippen LogP) is 3.84. The summed E-state index contributed by atoms with van der Waals surface area (Å²) in [6.45, 7) is 7.79. The molecule has 5 rings (SSSR count). The van der Waals surface area contributed by atoms with Crippen LogP contribution >= 0.6 is 0 Å². The van der Waals surface area contributed by atoms with Crippen molar-refractivity contribution in [2.24, 2.45) is 5.92 Å². The molecule has 1 atom stereocenters. The maximum atomic E-state index is 12.9. The van der Waals surface area contributed by atoms with E-state index in [9.17, 15) is 14.7 Å². The molecule has 3 aromatic rings. The Morgan fingerprint density at radius 2 is 1.97 bits per heavy atom. The summed E-state index contributed by atoms with van der Waals surface area (Å²) in [5, 5.41) is 14.0. The van der Waals surface area contributed by atoms with Gasteiger partial charge in [0, 0.05) is 43.6 Å². The van der Waals surface area contributed by atoms with E-state index in [1.54, 1.807) is 27.0 Å². The van der Waals surface area contributed by atoms with E-state index in [-0.39, 0.29) is 11.7 Å². The van der Waals surface area contributed by atoms with Gasteiger partial charge in [-0.1, -0.05) is 6.07 Å². The second-order valence-electron chi connectivity index (χ2n) is 11.6. The third-order valence-corrected chi connectivity index (χ3v) is 7.98. The van der Waals surface area contributed by atoms with Gasteiger partial charge in [-0.05, 0) is 89.0 Å². The maximum Gasteiger partial charge on any atom is 0.326 e. The highest BCUT2D eigenvalue weighted by Gasteiger charge is 2.36. The number of carbonyl (C=O) groups is 1. The van der Waals surface area contributed by atoms with Gasteiger partial charge in [0.25, 0.3) is 5.56 Å². The molecule has 2 aliphatic rings. The average molecular weight is 537 g/mol. The number of ether oxygens (including phenoxy) is 2. The molecule has 1 aromatic carbocycles. The van der Waals surface area contributed by atoms with E-state index < -0.39 is 17.6 Å². The van der Waals surface area contributed by atoms with E-state index in [1.807, 2.05) is 18.2 Å². The van der Waals surface area contributed by atoms with Crippen LogP contribution in [0.15, 0.2) is 35.3 Å². The number of aromatic amines is 1. The fourth-order valence-corrected chi connectivity index (χ4v) is 5.68. The van der Waals surface area contributed by atoms with Crippen LogP contribution in [-0.4, -0.2) is 56.6 Å². The summed E-state index contributed by atoms with van der Waals surface area (Å²) in [7, 11) is 0. The number of hydrogen-bond donors (Lipinski definition) is 3. The topological polar surface area (TPSA) is 118 Å². The smallest absolute Gasteiger partial charge is 0.326 e. The summed E-state index contributed by atoms with van der Waals surface area (Å²) in [6.07, 6.45) is 7.57. The number of aromatic nitrogens is 3. The molecule has 9 heteroatoms. The first-order valence-corrected chi connectivity index (χ1v) is 14.1. The molecule has 3 N–H and O–H groups in total. The Hall–Kier alpha value is -3.01. The normalized spacial score (nSPS) is 18.1. The Balaban J connectivity index is 1.41. The molecule has 1 unspecified atom stereocenters. The van der Waals surface area contributed by atoms with Crippen LogP contribution < -0.4 is 10.9 Å². The number of hydrogen-bond acceptors (Lipinski definition) is 7. The lowest BCUT2D eigenvalue weighted by molar-refractivity contribution is -0.157. The minimum absolute atomic E-state index is 0.0600. The summed E-state index contributed by atoms with van der Waals surface area (Å²) < 4.78 is 13.5. The standard InChI is InChI=1S/C30H40N4O5/c1-19-14-22(17-32-28(19)35)27-33-24-15-21(8-9-25(24)34(27)18-20-10-12-38-13-11-20)16-31-26(30(2,3)37)29(36)39-23-6-4-5-7-23/h8-9,14-15,17,20,23,26,31,37H,4-7,10-13,16,18H2,1-3H3,(H,32,35). The van der Waals surface area contributed by atoms with Crippen LogP contribution in [0.3, 0.4) is 0 Å². The number of carbonyl (C=O) groups excluding carboxylic acids is 1. The van der Waals surface area contributed by atoms with Gasteiger partial charge in [-0.25, -0.2) is 4.98 Å². The van der Waals surface area contributed by atoms with Crippen molar-refractivity contribution in [1.82, 2.24) is 19.9 Å². The van der Waals surface area contributed by atoms with Crippen molar-refractivity contribution in [3.05, 3.63) is 51.9 Å². The van der Waals surface area contributed by atoms with E-state index >= 15 is 0 Å². The van der Waals surface area contributed by atoms with Gasteiger partial charge >= 0.3 is 5.97 Å². The second-order valence-corrected chi connectivity index (χ2v) is 11.6. The van der Waals surface area contributed by atoms with Gasteiger partial charge in [0.15, 0.2) is 0 Å². The Labute approximate surface area is 228 Å². The molecular weight excluding hydrogens is 496 g/mol. The van der Waals surface area contributed by atoms with Crippen LogP contribution in [0.2, 0.25) is 0 Å². The van der Waals surface area contributed by atoms with Crippen molar-refractivity contribution in [2.45, 2.75) is 90.1 Å². The number of H-pyrrole nitrogens is 1. The molecule has 1 saturated heterocycles. The number of pyridine rings is 1. The third-order valence-electron chi connectivity index (χ3n) is 7.98. The zero-order valence-corrected chi connectivity index (χ0v) is 23.2. The summed E-state index contributed by atoms with van der Waals surface area (Å²) >= 11 is 0.